The van der Waals surface area contributed by atoms with Crippen LogP contribution in [0.25, 0.3) is 0 Å². The number of carbonyl (C=O) groups is 3. The van der Waals surface area contributed by atoms with Gasteiger partial charge in [-0.2, -0.15) is 0 Å². The fourth-order valence-electron chi connectivity index (χ4n) is 4.67. The van der Waals surface area contributed by atoms with Crippen molar-refractivity contribution in [2.75, 3.05) is 6.61 Å². The summed E-state index contributed by atoms with van der Waals surface area (Å²) in [5, 5.41) is 8.30. The molecule has 1 aliphatic rings. The highest BCUT2D eigenvalue weighted by Gasteiger charge is 2.52. The second kappa shape index (κ2) is 13.7. The van der Waals surface area contributed by atoms with E-state index >= 15 is 0 Å². The van der Waals surface area contributed by atoms with Gasteiger partial charge in [0.2, 0.25) is 0 Å². The van der Waals surface area contributed by atoms with E-state index in [0.29, 0.717) is 23.1 Å². The van der Waals surface area contributed by atoms with E-state index in [9.17, 15) is 14.4 Å². The molecular weight excluding hydrogens is 538 g/mol. The van der Waals surface area contributed by atoms with E-state index < -0.39 is 42.4 Å². The third kappa shape index (κ3) is 6.72. The van der Waals surface area contributed by atoms with Crippen LogP contribution in [0.2, 0.25) is 0 Å². The Morgan fingerprint density at radius 2 is 1.29 bits per heavy atom. The van der Waals surface area contributed by atoms with E-state index in [1.165, 1.54) is 0 Å². The van der Waals surface area contributed by atoms with Gasteiger partial charge in [-0.15, -0.1) is 5.10 Å². The molecule has 4 atom stereocenters. The molecule has 0 radical (unpaired) electrons. The number of rotatable bonds is 11. The van der Waals surface area contributed by atoms with Crippen LogP contribution >= 0.6 is 0 Å². The van der Waals surface area contributed by atoms with Crippen molar-refractivity contribution in [3.8, 4) is 0 Å². The van der Waals surface area contributed by atoms with E-state index in [0.717, 1.165) is 18.5 Å². The number of carbonyl (C=O) groups excluding carboxylic acids is 3. The molecule has 5 rings (SSSR count). The normalized spacial score (nSPS) is 19.6. The maximum absolute atomic E-state index is 13.3. The van der Waals surface area contributed by atoms with Crippen molar-refractivity contribution in [2.45, 2.75) is 50.7 Å². The van der Waals surface area contributed by atoms with E-state index in [4.69, 9.17) is 18.9 Å². The summed E-state index contributed by atoms with van der Waals surface area (Å²) >= 11 is 0. The van der Waals surface area contributed by atoms with Gasteiger partial charge in [-0.1, -0.05) is 73.2 Å². The minimum Gasteiger partial charge on any atom is -0.459 e. The van der Waals surface area contributed by atoms with Gasteiger partial charge in [-0.05, 0) is 49.2 Å². The van der Waals surface area contributed by atoms with Crippen LogP contribution in [0.1, 0.15) is 62.8 Å². The first-order chi connectivity index (χ1) is 20.5. The lowest BCUT2D eigenvalue weighted by Gasteiger charge is -2.25. The molecular formula is C32H31N3O7. The van der Waals surface area contributed by atoms with Crippen LogP contribution in [0, 0.1) is 0 Å². The van der Waals surface area contributed by atoms with Crippen LogP contribution < -0.4 is 0 Å². The zero-order valence-corrected chi connectivity index (χ0v) is 23.1. The summed E-state index contributed by atoms with van der Waals surface area (Å²) in [6.07, 6.45) is -0.145. The summed E-state index contributed by atoms with van der Waals surface area (Å²) in [5.41, 5.74) is 1.74. The molecule has 0 saturated carbocycles. The SMILES string of the molecule is CCCCc1cnnn1[C@@H]1O[C@H](COC(=O)c2ccccc2)[C@@H](OC(=O)c2ccccc2)[C@H]1OC(=O)c1ccccc1. The Morgan fingerprint density at radius 1 is 0.762 bits per heavy atom. The molecule has 2 heterocycles. The van der Waals surface area contributed by atoms with Crippen LogP contribution in [0.3, 0.4) is 0 Å². The molecule has 1 saturated heterocycles. The van der Waals surface area contributed by atoms with Crippen molar-refractivity contribution in [1.29, 1.82) is 0 Å². The first kappa shape index (κ1) is 28.7. The lowest BCUT2D eigenvalue weighted by Crippen LogP contribution is -2.41. The van der Waals surface area contributed by atoms with Gasteiger partial charge in [0.1, 0.15) is 12.7 Å². The number of unbranched alkanes of at least 4 members (excludes halogenated alkanes) is 1. The number of hydrogen-bond acceptors (Lipinski definition) is 9. The largest absolute Gasteiger partial charge is 0.459 e. The molecule has 3 aromatic carbocycles. The molecule has 0 bridgehead atoms. The van der Waals surface area contributed by atoms with Gasteiger partial charge < -0.3 is 18.9 Å². The average molecular weight is 570 g/mol. The lowest BCUT2D eigenvalue weighted by atomic mass is 10.1. The number of aryl methyl sites for hydroxylation is 1. The molecule has 0 unspecified atom stereocenters. The molecule has 0 aliphatic carbocycles. The summed E-state index contributed by atoms with van der Waals surface area (Å²) in [4.78, 5) is 39.3. The highest BCUT2D eigenvalue weighted by atomic mass is 16.7. The summed E-state index contributed by atoms with van der Waals surface area (Å²) in [6, 6.07) is 25.4. The first-order valence-corrected chi connectivity index (χ1v) is 13.8. The smallest absolute Gasteiger partial charge is 0.338 e. The number of benzene rings is 3. The molecule has 1 aliphatic heterocycles. The number of hydrogen-bond donors (Lipinski definition) is 0. The zero-order valence-electron chi connectivity index (χ0n) is 23.1. The molecule has 1 aromatic heterocycles. The van der Waals surface area contributed by atoms with E-state index in [1.807, 2.05) is 0 Å². The van der Waals surface area contributed by atoms with Crippen molar-refractivity contribution in [3.63, 3.8) is 0 Å². The quantitative estimate of drug-likeness (QED) is 0.185. The van der Waals surface area contributed by atoms with Gasteiger partial charge in [0.25, 0.3) is 0 Å². The Morgan fingerprint density at radius 3 is 1.83 bits per heavy atom. The van der Waals surface area contributed by atoms with Gasteiger partial charge in [0, 0.05) is 0 Å². The summed E-state index contributed by atoms with van der Waals surface area (Å²) < 4.78 is 25.4. The van der Waals surface area contributed by atoms with Gasteiger partial charge in [-0.3, -0.25) is 0 Å². The standard InChI is InChI=1S/C32H31N3O7/c1-2-3-19-25-20-33-34-35(25)29-28(42-32(38)24-17-11-6-12-18-24)27(41-31(37)23-15-9-5-10-16-23)26(40-29)21-39-30(36)22-13-7-4-8-14-22/h4-18,20,26-29H,2-3,19,21H2,1H3/t26-,27-,28-,29-/m1/s1. The summed E-state index contributed by atoms with van der Waals surface area (Å²) in [7, 11) is 0. The zero-order chi connectivity index (χ0) is 29.3. The lowest BCUT2D eigenvalue weighted by molar-refractivity contribution is -0.0689. The average Bonchev–Trinajstić information content (AvgIpc) is 3.64. The predicted molar refractivity (Wildman–Crippen MR) is 151 cm³/mol. The molecule has 4 aromatic rings. The van der Waals surface area contributed by atoms with Crippen LogP contribution in [0.4, 0.5) is 0 Å². The predicted octanol–water partition coefficient (Wildman–Crippen LogP) is 4.83. The molecule has 10 heteroatoms. The third-order valence-electron chi connectivity index (χ3n) is 6.86. The van der Waals surface area contributed by atoms with E-state index in [-0.39, 0.29) is 6.61 Å². The fraction of sp³-hybridized carbons (Fsp3) is 0.281. The van der Waals surface area contributed by atoms with E-state index in [2.05, 4.69) is 17.2 Å². The molecule has 42 heavy (non-hydrogen) atoms. The molecule has 0 spiro atoms. The van der Waals surface area contributed by atoms with Gasteiger partial charge in [0.15, 0.2) is 18.4 Å². The Kier molecular flexibility index (Phi) is 9.35. The molecule has 0 amide bonds. The van der Waals surface area contributed by atoms with Crippen LogP contribution in [-0.4, -0.2) is 57.8 Å². The van der Waals surface area contributed by atoms with E-state index in [1.54, 1.807) is 102 Å². The van der Waals surface area contributed by atoms with Crippen LogP contribution in [-0.2, 0) is 25.4 Å². The van der Waals surface area contributed by atoms with Crippen molar-refractivity contribution >= 4 is 17.9 Å². The van der Waals surface area contributed by atoms with Crippen molar-refractivity contribution < 1.29 is 33.3 Å². The second-order valence-corrected chi connectivity index (χ2v) is 9.77. The van der Waals surface area contributed by atoms with Crippen molar-refractivity contribution in [1.82, 2.24) is 15.0 Å². The topological polar surface area (TPSA) is 119 Å². The monoisotopic (exact) mass is 569 g/mol. The Labute approximate surface area is 243 Å². The maximum atomic E-state index is 13.3. The van der Waals surface area contributed by atoms with Gasteiger partial charge in [0.05, 0.1) is 28.6 Å². The Bertz CT molecular complexity index is 1480. The van der Waals surface area contributed by atoms with Gasteiger partial charge >= 0.3 is 17.9 Å². The third-order valence-corrected chi connectivity index (χ3v) is 6.86. The number of aromatic nitrogens is 3. The molecule has 216 valence electrons. The van der Waals surface area contributed by atoms with Crippen LogP contribution in [0.15, 0.2) is 97.2 Å². The van der Waals surface area contributed by atoms with Gasteiger partial charge in [-0.25, -0.2) is 19.1 Å². The fourth-order valence-corrected chi connectivity index (χ4v) is 4.67. The minimum atomic E-state index is -1.14. The number of nitrogens with zero attached hydrogens (tertiary/aromatic N) is 3. The first-order valence-electron chi connectivity index (χ1n) is 13.8. The summed E-state index contributed by atoms with van der Waals surface area (Å²) in [6.45, 7) is 1.80. The number of esters is 3. The Hall–Kier alpha value is -4.83. The number of ether oxygens (including phenoxy) is 4. The molecule has 0 N–H and O–H groups in total. The molecule has 1 fully saturated rings. The van der Waals surface area contributed by atoms with Crippen molar-refractivity contribution in [2.24, 2.45) is 0 Å². The second-order valence-electron chi connectivity index (χ2n) is 9.77. The highest BCUT2D eigenvalue weighted by Crippen LogP contribution is 2.36. The minimum absolute atomic E-state index is 0.269. The van der Waals surface area contributed by atoms with Crippen molar-refractivity contribution in [3.05, 3.63) is 120 Å². The highest BCUT2D eigenvalue weighted by molar-refractivity contribution is 5.91. The maximum Gasteiger partial charge on any atom is 0.338 e. The van der Waals surface area contributed by atoms with Crippen LogP contribution in [0.5, 0.6) is 0 Å². The molecule has 10 nitrogen and oxygen atoms in total. The Balaban J connectivity index is 1.47. The summed E-state index contributed by atoms with van der Waals surface area (Å²) in [5.74, 6) is -1.85.